The summed E-state index contributed by atoms with van der Waals surface area (Å²) in [5.74, 6) is 0.114. The number of nitrogens with one attached hydrogen (secondary N) is 2. The van der Waals surface area contributed by atoms with E-state index in [1.54, 1.807) is 7.05 Å². The summed E-state index contributed by atoms with van der Waals surface area (Å²) in [6.07, 6.45) is 1.11. The van der Waals surface area contributed by atoms with Crippen LogP contribution in [0.1, 0.15) is 18.1 Å². The third-order valence-corrected chi connectivity index (χ3v) is 3.65. The molecule has 0 spiro atoms. The zero-order valence-corrected chi connectivity index (χ0v) is 12.0. The van der Waals surface area contributed by atoms with E-state index in [2.05, 4.69) is 40.8 Å². The smallest absolute Gasteiger partial charge is 0.223 e. The highest BCUT2D eigenvalue weighted by Crippen LogP contribution is 2.27. The van der Waals surface area contributed by atoms with E-state index in [4.69, 9.17) is 0 Å². The summed E-state index contributed by atoms with van der Waals surface area (Å²) >= 11 is 0. The van der Waals surface area contributed by atoms with Gasteiger partial charge in [0.1, 0.15) is 0 Å². The van der Waals surface area contributed by atoms with E-state index in [1.165, 1.54) is 16.8 Å². The maximum atomic E-state index is 11.5. The average molecular weight is 261 g/mol. The van der Waals surface area contributed by atoms with Crippen molar-refractivity contribution in [3.63, 3.8) is 0 Å². The zero-order valence-electron chi connectivity index (χ0n) is 12.0. The van der Waals surface area contributed by atoms with Crippen LogP contribution in [0.5, 0.6) is 0 Å². The van der Waals surface area contributed by atoms with Crippen molar-refractivity contribution < 1.29 is 4.79 Å². The molecule has 0 aliphatic carbocycles. The predicted octanol–water partition coefficient (Wildman–Crippen LogP) is 1.47. The summed E-state index contributed by atoms with van der Waals surface area (Å²) in [5.41, 5.74) is 4.02. The van der Waals surface area contributed by atoms with Gasteiger partial charge in [-0.2, -0.15) is 0 Å². The number of fused-ring (bicyclic) bond motifs is 1. The minimum Gasteiger partial charge on any atom is -0.384 e. The number of carbonyl (C=O) groups is 1. The number of amides is 1. The largest absolute Gasteiger partial charge is 0.384 e. The van der Waals surface area contributed by atoms with Gasteiger partial charge in [-0.25, -0.2) is 0 Å². The number of rotatable bonds is 5. The van der Waals surface area contributed by atoms with Crippen LogP contribution in [0.15, 0.2) is 18.2 Å². The van der Waals surface area contributed by atoms with Crippen molar-refractivity contribution in [3.05, 3.63) is 29.3 Å². The number of carbonyl (C=O) groups excluding carboxylic acids is 1. The maximum absolute atomic E-state index is 11.5. The number of hydrogen-bond donors (Lipinski definition) is 2. The quantitative estimate of drug-likeness (QED) is 0.843. The standard InChI is InChI=1S/C15H23N3O/c1-11(15(19)16-2)9-18(3)10-13-6-4-5-12-7-8-17-14(12)13/h4-6,11,17H,7-10H2,1-3H3,(H,16,19). The molecule has 1 aromatic carbocycles. The Balaban J connectivity index is 1.98. The number of para-hydroxylation sites is 1. The maximum Gasteiger partial charge on any atom is 0.223 e. The molecule has 1 aromatic rings. The van der Waals surface area contributed by atoms with Crippen LogP contribution in [0, 0.1) is 5.92 Å². The molecule has 0 fully saturated rings. The average Bonchev–Trinajstić information content (AvgIpc) is 2.87. The van der Waals surface area contributed by atoms with Crippen LogP contribution in [0.25, 0.3) is 0 Å². The van der Waals surface area contributed by atoms with Crippen LogP contribution in [-0.2, 0) is 17.8 Å². The minimum absolute atomic E-state index is 0.0136. The molecule has 1 amide bonds. The lowest BCUT2D eigenvalue weighted by molar-refractivity contribution is -0.124. The van der Waals surface area contributed by atoms with Crippen LogP contribution in [0.3, 0.4) is 0 Å². The van der Waals surface area contributed by atoms with Gasteiger partial charge in [0.05, 0.1) is 0 Å². The van der Waals surface area contributed by atoms with Crippen LogP contribution in [0.2, 0.25) is 0 Å². The third-order valence-electron chi connectivity index (χ3n) is 3.65. The van der Waals surface area contributed by atoms with Gasteiger partial charge in [0, 0.05) is 38.3 Å². The summed E-state index contributed by atoms with van der Waals surface area (Å²) in [6, 6.07) is 6.47. The van der Waals surface area contributed by atoms with Crippen molar-refractivity contribution in [2.24, 2.45) is 5.92 Å². The molecule has 0 saturated heterocycles. The molecule has 4 nitrogen and oxygen atoms in total. The van der Waals surface area contributed by atoms with Gasteiger partial charge in [-0.15, -0.1) is 0 Å². The van der Waals surface area contributed by atoms with Crippen LogP contribution in [0.4, 0.5) is 5.69 Å². The van der Waals surface area contributed by atoms with E-state index in [0.29, 0.717) is 0 Å². The van der Waals surface area contributed by atoms with Gasteiger partial charge in [0.15, 0.2) is 0 Å². The van der Waals surface area contributed by atoms with E-state index in [9.17, 15) is 4.79 Å². The van der Waals surface area contributed by atoms with Gasteiger partial charge in [0.2, 0.25) is 5.91 Å². The summed E-state index contributed by atoms with van der Waals surface area (Å²) in [5, 5.41) is 6.15. The van der Waals surface area contributed by atoms with Gasteiger partial charge >= 0.3 is 0 Å². The lowest BCUT2D eigenvalue weighted by Crippen LogP contribution is -2.34. The molecule has 0 saturated carbocycles. The fraction of sp³-hybridized carbons (Fsp3) is 0.533. The Morgan fingerprint density at radius 1 is 1.53 bits per heavy atom. The molecule has 19 heavy (non-hydrogen) atoms. The lowest BCUT2D eigenvalue weighted by atomic mass is 10.1. The summed E-state index contributed by atoms with van der Waals surface area (Å²) in [7, 11) is 3.75. The first-order valence-corrected chi connectivity index (χ1v) is 6.86. The van der Waals surface area contributed by atoms with Gasteiger partial charge in [-0.1, -0.05) is 25.1 Å². The number of anilines is 1. The van der Waals surface area contributed by atoms with E-state index in [-0.39, 0.29) is 11.8 Å². The molecular weight excluding hydrogens is 238 g/mol. The Kier molecular flexibility index (Phi) is 4.43. The summed E-state index contributed by atoms with van der Waals surface area (Å²) < 4.78 is 0. The number of nitrogens with zero attached hydrogens (tertiary/aromatic N) is 1. The van der Waals surface area contributed by atoms with E-state index >= 15 is 0 Å². The fourth-order valence-corrected chi connectivity index (χ4v) is 2.69. The second kappa shape index (κ2) is 6.06. The molecule has 1 heterocycles. The Morgan fingerprint density at radius 3 is 3.05 bits per heavy atom. The normalized spacial score (nSPS) is 14.9. The van der Waals surface area contributed by atoms with Crippen molar-refractivity contribution in [3.8, 4) is 0 Å². The van der Waals surface area contributed by atoms with Crippen LogP contribution in [-0.4, -0.2) is 38.0 Å². The number of hydrogen-bond acceptors (Lipinski definition) is 3. The highest BCUT2D eigenvalue weighted by atomic mass is 16.1. The monoisotopic (exact) mass is 261 g/mol. The topological polar surface area (TPSA) is 44.4 Å². The Morgan fingerprint density at radius 2 is 2.32 bits per heavy atom. The first-order valence-electron chi connectivity index (χ1n) is 6.86. The van der Waals surface area contributed by atoms with Gasteiger partial charge in [-0.3, -0.25) is 4.79 Å². The molecule has 0 radical (unpaired) electrons. The molecular formula is C15H23N3O. The van der Waals surface area contributed by atoms with E-state index < -0.39 is 0 Å². The summed E-state index contributed by atoms with van der Waals surface area (Å²) in [4.78, 5) is 13.7. The highest BCUT2D eigenvalue weighted by Gasteiger charge is 2.17. The molecule has 1 aliphatic rings. The van der Waals surface area contributed by atoms with Crippen LogP contribution >= 0.6 is 0 Å². The lowest BCUT2D eigenvalue weighted by Gasteiger charge is -2.21. The summed E-state index contributed by atoms with van der Waals surface area (Å²) in [6.45, 7) is 4.63. The van der Waals surface area contributed by atoms with Gasteiger partial charge in [0.25, 0.3) is 0 Å². The predicted molar refractivity (Wildman–Crippen MR) is 78.2 cm³/mol. The van der Waals surface area contributed by atoms with E-state index in [1.807, 2.05) is 6.92 Å². The van der Waals surface area contributed by atoms with Crippen LogP contribution < -0.4 is 10.6 Å². The van der Waals surface area contributed by atoms with Gasteiger partial charge in [-0.05, 0) is 24.6 Å². The zero-order chi connectivity index (χ0) is 13.8. The Labute approximate surface area is 115 Å². The SMILES string of the molecule is CNC(=O)C(C)CN(C)Cc1cccc2c1NCC2. The highest BCUT2D eigenvalue weighted by molar-refractivity contribution is 5.78. The molecule has 1 unspecified atom stereocenters. The first-order chi connectivity index (χ1) is 9.11. The molecule has 2 rings (SSSR count). The van der Waals surface area contributed by atoms with E-state index in [0.717, 1.165) is 26.1 Å². The van der Waals surface area contributed by atoms with Crippen molar-refractivity contribution in [1.82, 2.24) is 10.2 Å². The van der Waals surface area contributed by atoms with Crippen molar-refractivity contribution in [2.45, 2.75) is 19.9 Å². The second-order valence-electron chi connectivity index (χ2n) is 5.34. The molecule has 104 valence electrons. The molecule has 4 heteroatoms. The van der Waals surface area contributed by atoms with Crippen molar-refractivity contribution in [1.29, 1.82) is 0 Å². The molecule has 0 bridgehead atoms. The fourth-order valence-electron chi connectivity index (χ4n) is 2.69. The second-order valence-corrected chi connectivity index (χ2v) is 5.34. The minimum atomic E-state index is 0.0136. The first kappa shape index (κ1) is 13.9. The number of benzene rings is 1. The molecule has 1 aliphatic heterocycles. The molecule has 2 N–H and O–H groups in total. The Bertz CT molecular complexity index is 459. The molecule has 1 atom stereocenters. The molecule has 0 aromatic heterocycles. The van der Waals surface area contributed by atoms with Gasteiger partial charge < -0.3 is 15.5 Å². The van der Waals surface area contributed by atoms with Crippen molar-refractivity contribution in [2.75, 3.05) is 32.5 Å². The Hall–Kier alpha value is -1.55. The van der Waals surface area contributed by atoms with Crippen molar-refractivity contribution >= 4 is 11.6 Å². The third kappa shape index (κ3) is 3.26.